The van der Waals surface area contributed by atoms with Crippen molar-refractivity contribution in [3.05, 3.63) is 52.3 Å². The summed E-state index contributed by atoms with van der Waals surface area (Å²) >= 11 is 3.03. The molecule has 0 amide bonds. The largest absolute Gasteiger partial charge is 0.507 e. The van der Waals surface area contributed by atoms with Crippen molar-refractivity contribution in [2.24, 2.45) is 0 Å². The Morgan fingerprint density at radius 1 is 1.12 bits per heavy atom. The summed E-state index contributed by atoms with van der Waals surface area (Å²) in [5, 5.41) is 9.75. The van der Waals surface area contributed by atoms with Crippen LogP contribution >= 0.6 is 23.5 Å². The molecule has 1 aromatic carbocycles. The number of aliphatic hydroxyl groups is 1. The summed E-state index contributed by atoms with van der Waals surface area (Å²) in [5.41, 5.74) is 0.643. The summed E-state index contributed by atoms with van der Waals surface area (Å²) in [7, 11) is 0. The summed E-state index contributed by atoms with van der Waals surface area (Å²) in [6, 6.07) is 9.00. The Bertz CT molecular complexity index is 430. The lowest BCUT2D eigenvalue weighted by atomic mass is 10.1. The van der Waals surface area contributed by atoms with E-state index in [9.17, 15) is 9.90 Å². The number of carbonyl (C=O) groups is 1. The van der Waals surface area contributed by atoms with Gasteiger partial charge in [-0.05, 0) is 12.5 Å². The molecule has 1 rings (SSSR count). The highest BCUT2D eigenvalue weighted by atomic mass is 32.2. The fourth-order valence-corrected chi connectivity index (χ4v) is 2.32. The summed E-state index contributed by atoms with van der Waals surface area (Å²) in [6.45, 7) is 0. The first-order valence-corrected chi connectivity index (χ1v) is 7.42. The van der Waals surface area contributed by atoms with Gasteiger partial charge in [0.25, 0.3) is 0 Å². The first-order chi connectivity index (χ1) is 8.17. The van der Waals surface area contributed by atoms with Crippen molar-refractivity contribution in [1.82, 2.24) is 0 Å². The number of ketones is 1. The van der Waals surface area contributed by atoms with Crippen LogP contribution in [0.15, 0.2) is 46.7 Å². The number of carbonyl (C=O) groups excluding carboxylic acids is 1. The molecule has 0 aromatic heterocycles. The molecule has 2 nitrogen and oxygen atoms in total. The van der Waals surface area contributed by atoms with Crippen molar-refractivity contribution in [1.29, 1.82) is 0 Å². The number of hydrogen-bond donors (Lipinski definition) is 1. The van der Waals surface area contributed by atoms with Crippen LogP contribution in [0.5, 0.6) is 0 Å². The van der Waals surface area contributed by atoms with Crippen LogP contribution in [0.25, 0.3) is 5.76 Å². The van der Waals surface area contributed by atoms with Gasteiger partial charge in [-0.2, -0.15) is 0 Å². The average molecular weight is 266 g/mol. The number of rotatable bonds is 5. The van der Waals surface area contributed by atoms with E-state index >= 15 is 0 Å². The van der Waals surface area contributed by atoms with Gasteiger partial charge in [0.15, 0.2) is 5.78 Å². The fourth-order valence-electron chi connectivity index (χ4n) is 1.19. The lowest BCUT2D eigenvalue weighted by Gasteiger charge is -1.99. The van der Waals surface area contributed by atoms with E-state index in [1.807, 2.05) is 30.7 Å². The predicted molar refractivity (Wildman–Crippen MR) is 77.2 cm³/mol. The summed E-state index contributed by atoms with van der Waals surface area (Å²) < 4.78 is 0.923. The van der Waals surface area contributed by atoms with Crippen LogP contribution in [0.3, 0.4) is 0 Å². The molecular weight excluding hydrogens is 252 g/mol. The minimum atomic E-state index is -0.204. The molecule has 0 bridgehead atoms. The Morgan fingerprint density at radius 3 is 2.24 bits per heavy atom. The highest BCUT2D eigenvalue weighted by Gasteiger charge is 2.02. The zero-order valence-corrected chi connectivity index (χ0v) is 11.3. The van der Waals surface area contributed by atoms with E-state index in [2.05, 4.69) is 0 Å². The standard InChI is InChI=1S/C13H14O2S2/c1-16-13(17-2)9-11(14)8-12(15)10-6-4-3-5-7-10/h3-9,15H,1-2H3/b12-8-. The molecule has 0 unspecified atom stereocenters. The smallest absolute Gasteiger partial charge is 0.183 e. The Morgan fingerprint density at radius 2 is 1.71 bits per heavy atom. The quantitative estimate of drug-likeness (QED) is 0.651. The first-order valence-electron chi connectivity index (χ1n) is 4.97. The molecule has 4 heteroatoms. The van der Waals surface area contributed by atoms with Crippen LogP contribution in [-0.4, -0.2) is 23.4 Å². The summed E-state index contributed by atoms with van der Waals surface area (Å²) in [6.07, 6.45) is 6.59. The Kier molecular flexibility index (Phi) is 5.94. The average Bonchev–Trinajstić information content (AvgIpc) is 2.37. The van der Waals surface area contributed by atoms with Crippen molar-refractivity contribution in [2.45, 2.75) is 0 Å². The van der Waals surface area contributed by atoms with Gasteiger partial charge in [-0.25, -0.2) is 0 Å². The topological polar surface area (TPSA) is 37.3 Å². The van der Waals surface area contributed by atoms with Crippen LogP contribution in [0.1, 0.15) is 5.56 Å². The molecule has 0 aliphatic heterocycles. The van der Waals surface area contributed by atoms with Gasteiger partial charge in [-0.15, -0.1) is 23.5 Å². The molecule has 0 atom stereocenters. The molecule has 0 fully saturated rings. The van der Waals surface area contributed by atoms with Gasteiger partial charge >= 0.3 is 0 Å². The normalized spacial score (nSPS) is 11.1. The fraction of sp³-hybridized carbons (Fsp3) is 0.154. The zero-order valence-electron chi connectivity index (χ0n) is 9.71. The van der Waals surface area contributed by atoms with Crippen LogP contribution in [0, 0.1) is 0 Å². The highest BCUT2D eigenvalue weighted by Crippen LogP contribution is 2.23. The van der Waals surface area contributed by atoms with Crippen molar-refractivity contribution < 1.29 is 9.90 Å². The highest BCUT2D eigenvalue weighted by molar-refractivity contribution is 8.21. The van der Waals surface area contributed by atoms with E-state index in [0.29, 0.717) is 5.56 Å². The third-order valence-corrected chi connectivity index (χ3v) is 4.05. The van der Waals surface area contributed by atoms with Gasteiger partial charge in [0.05, 0.1) is 0 Å². The van der Waals surface area contributed by atoms with Crippen LogP contribution < -0.4 is 0 Å². The zero-order chi connectivity index (χ0) is 12.7. The molecule has 0 saturated heterocycles. The summed E-state index contributed by atoms with van der Waals surface area (Å²) in [5.74, 6) is -0.210. The van der Waals surface area contributed by atoms with E-state index < -0.39 is 0 Å². The van der Waals surface area contributed by atoms with E-state index in [1.54, 1.807) is 12.1 Å². The third kappa shape index (κ3) is 4.71. The van der Waals surface area contributed by atoms with Crippen molar-refractivity contribution >= 4 is 35.1 Å². The van der Waals surface area contributed by atoms with Gasteiger partial charge in [0.2, 0.25) is 0 Å². The van der Waals surface area contributed by atoms with E-state index in [0.717, 1.165) is 4.24 Å². The molecule has 0 heterocycles. The lowest BCUT2D eigenvalue weighted by Crippen LogP contribution is -1.91. The van der Waals surface area contributed by atoms with Gasteiger partial charge in [0, 0.05) is 22.0 Å². The van der Waals surface area contributed by atoms with Gasteiger partial charge in [-0.1, -0.05) is 30.3 Å². The molecule has 17 heavy (non-hydrogen) atoms. The number of allylic oxidation sites excluding steroid dienone is 2. The maximum atomic E-state index is 11.6. The van der Waals surface area contributed by atoms with E-state index in [-0.39, 0.29) is 11.5 Å². The van der Waals surface area contributed by atoms with Crippen LogP contribution in [0.2, 0.25) is 0 Å². The number of benzene rings is 1. The Hall–Kier alpha value is -1.13. The second-order valence-corrected chi connectivity index (χ2v) is 5.12. The van der Waals surface area contributed by atoms with Gasteiger partial charge < -0.3 is 5.11 Å². The number of thioether (sulfide) groups is 2. The molecule has 90 valence electrons. The molecule has 0 spiro atoms. The first kappa shape index (κ1) is 13.9. The molecule has 0 aliphatic rings. The SMILES string of the molecule is CSC(=CC(=O)/C=C(\O)c1ccccc1)SC. The third-order valence-electron chi connectivity index (χ3n) is 2.01. The second kappa shape index (κ2) is 7.25. The monoisotopic (exact) mass is 266 g/mol. The Labute approximate surface area is 110 Å². The van der Waals surface area contributed by atoms with Crippen molar-refractivity contribution in [2.75, 3.05) is 12.5 Å². The minimum absolute atomic E-state index is 0.00611. The maximum Gasteiger partial charge on any atom is 0.183 e. The molecule has 0 saturated carbocycles. The predicted octanol–water partition coefficient (Wildman–Crippen LogP) is 3.72. The maximum absolute atomic E-state index is 11.6. The Balaban J connectivity index is 2.83. The van der Waals surface area contributed by atoms with Crippen molar-refractivity contribution in [3.63, 3.8) is 0 Å². The lowest BCUT2D eigenvalue weighted by molar-refractivity contribution is -0.110. The van der Waals surface area contributed by atoms with Gasteiger partial charge in [-0.3, -0.25) is 4.79 Å². The van der Waals surface area contributed by atoms with Crippen LogP contribution in [-0.2, 0) is 4.79 Å². The van der Waals surface area contributed by atoms with Crippen molar-refractivity contribution in [3.8, 4) is 0 Å². The van der Waals surface area contributed by atoms with E-state index in [1.165, 1.54) is 35.7 Å². The minimum Gasteiger partial charge on any atom is -0.507 e. The number of hydrogen-bond acceptors (Lipinski definition) is 4. The molecule has 0 radical (unpaired) electrons. The molecule has 1 N–H and O–H groups in total. The second-order valence-electron chi connectivity index (χ2n) is 3.17. The van der Waals surface area contributed by atoms with Crippen LogP contribution in [0.4, 0.5) is 0 Å². The molecule has 1 aromatic rings. The van der Waals surface area contributed by atoms with E-state index in [4.69, 9.17) is 0 Å². The molecular formula is C13H14O2S2. The van der Waals surface area contributed by atoms with Gasteiger partial charge in [0.1, 0.15) is 5.76 Å². The number of aliphatic hydroxyl groups excluding tert-OH is 1. The molecule has 0 aliphatic carbocycles. The summed E-state index contributed by atoms with van der Waals surface area (Å²) in [4.78, 5) is 11.6.